The van der Waals surface area contributed by atoms with Gasteiger partial charge in [0.25, 0.3) is 5.91 Å². The minimum atomic E-state index is -0.628. The smallest absolute Gasteiger partial charge is 0.251 e. The van der Waals surface area contributed by atoms with Gasteiger partial charge in [0.05, 0.1) is 6.04 Å². The molecule has 0 aliphatic carbocycles. The molecule has 0 aliphatic rings. The maximum Gasteiger partial charge on any atom is 0.251 e. The van der Waals surface area contributed by atoms with E-state index in [0.29, 0.717) is 11.8 Å². The van der Waals surface area contributed by atoms with E-state index in [1.54, 1.807) is 0 Å². The molecule has 2 rings (SSSR count). The molecule has 108 valence electrons. The maximum atomic E-state index is 13.9. The summed E-state index contributed by atoms with van der Waals surface area (Å²) in [6.45, 7) is 1.54. The number of halogens is 2. The van der Waals surface area contributed by atoms with E-state index in [0.717, 1.165) is 0 Å². The second kappa shape index (κ2) is 6.26. The van der Waals surface area contributed by atoms with Crippen molar-refractivity contribution in [2.75, 3.05) is 0 Å². The molecule has 1 unspecified atom stereocenters. The summed E-state index contributed by atoms with van der Waals surface area (Å²) in [5, 5.41) is 2.46. The number of hydrogen-bond donors (Lipinski definition) is 1. The first-order valence-electron chi connectivity index (χ1n) is 6.33. The van der Waals surface area contributed by atoms with Crippen LogP contribution in [-0.4, -0.2) is 18.2 Å². The number of amides is 1. The molecule has 0 radical (unpaired) electrons. The van der Waals surface area contributed by atoms with Crippen molar-refractivity contribution in [3.05, 3.63) is 59.7 Å². The zero-order valence-corrected chi connectivity index (χ0v) is 11.3. The SMILES string of the molecule is CC(C=O)NC(=O)c1ccc(F)c(-c2ccc(F)cc2)c1. The summed E-state index contributed by atoms with van der Waals surface area (Å²) in [5.74, 6) is -1.41. The van der Waals surface area contributed by atoms with Gasteiger partial charge in [-0.15, -0.1) is 0 Å². The monoisotopic (exact) mass is 289 g/mol. The fourth-order valence-corrected chi connectivity index (χ4v) is 1.84. The van der Waals surface area contributed by atoms with Crippen molar-refractivity contribution in [2.24, 2.45) is 0 Å². The van der Waals surface area contributed by atoms with E-state index in [1.165, 1.54) is 49.4 Å². The van der Waals surface area contributed by atoms with Crippen molar-refractivity contribution in [2.45, 2.75) is 13.0 Å². The zero-order chi connectivity index (χ0) is 15.4. The molecule has 0 saturated heterocycles. The minimum absolute atomic E-state index is 0.196. The van der Waals surface area contributed by atoms with Gasteiger partial charge < -0.3 is 10.1 Å². The lowest BCUT2D eigenvalue weighted by molar-refractivity contribution is -0.109. The third-order valence-electron chi connectivity index (χ3n) is 2.95. The third kappa shape index (κ3) is 3.51. The van der Waals surface area contributed by atoms with Gasteiger partial charge in [0.15, 0.2) is 0 Å². The number of nitrogens with one attached hydrogen (secondary N) is 1. The van der Waals surface area contributed by atoms with Crippen molar-refractivity contribution >= 4 is 12.2 Å². The number of aldehydes is 1. The molecule has 2 aromatic rings. The molecule has 0 aliphatic heterocycles. The maximum absolute atomic E-state index is 13.9. The van der Waals surface area contributed by atoms with Crippen molar-refractivity contribution in [1.29, 1.82) is 0 Å². The van der Waals surface area contributed by atoms with Crippen molar-refractivity contribution in [1.82, 2.24) is 5.32 Å². The van der Waals surface area contributed by atoms with Gasteiger partial charge in [-0.3, -0.25) is 4.79 Å². The van der Waals surface area contributed by atoms with Gasteiger partial charge in [-0.05, 0) is 42.8 Å². The lowest BCUT2D eigenvalue weighted by atomic mass is 10.0. The number of carbonyl (C=O) groups excluding carboxylic acids is 2. The molecule has 0 fully saturated rings. The standard InChI is InChI=1S/C16H13F2NO2/c1-10(9-20)19-16(21)12-4-7-15(18)14(8-12)11-2-5-13(17)6-3-11/h2-10H,1H3,(H,19,21). The summed E-state index contributed by atoms with van der Waals surface area (Å²) in [5.41, 5.74) is 0.887. The predicted octanol–water partition coefficient (Wildman–Crippen LogP) is 2.95. The number of benzene rings is 2. The Morgan fingerprint density at radius 3 is 2.43 bits per heavy atom. The fourth-order valence-electron chi connectivity index (χ4n) is 1.84. The summed E-state index contributed by atoms with van der Waals surface area (Å²) >= 11 is 0. The lowest BCUT2D eigenvalue weighted by Gasteiger charge is -2.10. The molecule has 21 heavy (non-hydrogen) atoms. The average molecular weight is 289 g/mol. The van der Waals surface area contributed by atoms with E-state index in [-0.39, 0.29) is 11.1 Å². The third-order valence-corrected chi connectivity index (χ3v) is 2.95. The van der Waals surface area contributed by atoms with Crippen LogP contribution in [-0.2, 0) is 4.79 Å². The van der Waals surface area contributed by atoms with Gasteiger partial charge in [-0.2, -0.15) is 0 Å². The molecule has 1 atom stereocenters. The van der Waals surface area contributed by atoms with Gasteiger partial charge in [-0.25, -0.2) is 8.78 Å². The van der Waals surface area contributed by atoms with Gasteiger partial charge >= 0.3 is 0 Å². The molecule has 0 heterocycles. The predicted molar refractivity (Wildman–Crippen MR) is 74.8 cm³/mol. The molecule has 2 aromatic carbocycles. The highest BCUT2D eigenvalue weighted by Gasteiger charge is 2.13. The highest BCUT2D eigenvalue weighted by molar-refractivity contribution is 5.96. The first-order chi connectivity index (χ1) is 10.0. The molecule has 0 saturated carbocycles. The van der Waals surface area contributed by atoms with Crippen molar-refractivity contribution in [3.8, 4) is 11.1 Å². The molecule has 5 heteroatoms. The van der Waals surface area contributed by atoms with Gasteiger partial charge in [0.1, 0.15) is 17.9 Å². The zero-order valence-electron chi connectivity index (χ0n) is 11.3. The molecule has 1 amide bonds. The average Bonchev–Trinajstić information content (AvgIpc) is 2.48. The number of carbonyl (C=O) groups is 2. The first-order valence-corrected chi connectivity index (χ1v) is 6.33. The van der Waals surface area contributed by atoms with Crippen LogP contribution in [0.1, 0.15) is 17.3 Å². The molecule has 0 bridgehead atoms. The Labute approximate surface area is 120 Å². The largest absolute Gasteiger partial charge is 0.343 e. The molecule has 3 nitrogen and oxygen atoms in total. The molecule has 0 spiro atoms. The Morgan fingerprint density at radius 1 is 1.14 bits per heavy atom. The summed E-state index contributed by atoms with van der Waals surface area (Å²) in [7, 11) is 0. The van der Waals surface area contributed by atoms with Crippen molar-refractivity contribution in [3.63, 3.8) is 0 Å². The molecular weight excluding hydrogens is 276 g/mol. The van der Waals surface area contributed by atoms with Gasteiger partial charge in [0.2, 0.25) is 0 Å². The van der Waals surface area contributed by atoms with Gasteiger partial charge in [-0.1, -0.05) is 12.1 Å². The van der Waals surface area contributed by atoms with Gasteiger partial charge in [0, 0.05) is 11.1 Å². The topological polar surface area (TPSA) is 46.2 Å². The van der Waals surface area contributed by atoms with E-state index in [1.807, 2.05) is 0 Å². The summed E-state index contributed by atoms with van der Waals surface area (Å²) in [4.78, 5) is 22.4. The van der Waals surface area contributed by atoms with Crippen LogP contribution in [0.4, 0.5) is 8.78 Å². The van der Waals surface area contributed by atoms with Crippen LogP contribution in [0, 0.1) is 11.6 Å². The van der Waals surface area contributed by atoms with Crippen LogP contribution in [0.25, 0.3) is 11.1 Å². The Kier molecular flexibility index (Phi) is 4.42. The normalized spacial score (nSPS) is 11.8. The van der Waals surface area contributed by atoms with E-state index in [2.05, 4.69) is 5.32 Å². The van der Waals surface area contributed by atoms with E-state index in [4.69, 9.17) is 0 Å². The van der Waals surface area contributed by atoms with E-state index >= 15 is 0 Å². The minimum Gasteiger partial charge on any atom is -0.343 e. The second-order valence-electron chi connectivity index (χ2n) is 4.60. The molecule has 0 aromatic heterocycles. The van der Waals surface area contributed by atoms with E-state index < -0.39 is 23.6 Å². The Bertz CT molecular complexity index is 668. The molecular formula is C16H13F2NO2. The van der Waals surface area contributed by atoms with Crippen LogP contribution >= 0.6 is 0 Å². The van der Waals surface area contributed by atoms with E-state index in [9.17, 15) is 18.4 Å². The Balaban J connectivity index is 2.35. The number of hydrogen-bond acceptors (Lipinski definition) is 2. The molecule has 1 N–H and O–H groups in total. The highest BCUT2D eigenvalue weighted by atomic mass is 19.1. The summed E-state index contributed by atoms with van der Waals surface area (Å²) in [6.07, 6.45) is 0.600. The lowest BCUT2D eigenvalue weighted by Crippen LogP contribution is -2.33. The number of rotatable bonds is 4. The second-order valence-corrected chi connectivity index (χ2v) is 4.60. The quantitative estimate of drug-likeness (QED) is 0.880. The Morgan fingerprint density at radius 2 is 1.81 bits per heavy atom. The highest BCUT2D eigenvalue weighted by Crippen LogP contribution is 2.24. The fraction of sp³-hybridized carbons (Fsp3) is 0.125. The van der Waals surface area contributed by atoms with Crippen LogP contribution in [0.5, 0.6) is 0 Å². The van der Waals surface area contributed by atoms with Crippen LogP contribution in [0.2, 0.25) is 0 Å². The van der Waals surface area contributed by atoms with Crippen molar-refractivity contribution < 1.29 is 18.4 Å². The van der Waals surface area contributed by atoms with Crippen LogP contribution in [0.15, 0.2) is 42.5 Å². The first kappa shape index (κ1) is 14.8. The summed E-state index contributed by atoms with van der Waals surface area (Å²) in [6, 6.07) is 8.54. The Hall–Kier alpha value is -2.56. The summed E-state index contributed by atoms with van der Waals surface area (Å²) < 4.78 is 26.8. The van der Waals surface area contributed by atoms with Crippen LogP contribution in [0.3, 0.4) is 0 Å². The van der Waals surface area contributed by atoms with Crippen LogP contribution < -0.4 is 5.32 Å².